The highest BCUT2D eigenvalue weighted by atomic mass is 16.4. The van der Waals surface area contributed by atoms with E-state index in [0.717, 1.165) is 33.2 Å². The van der Waals surface area contributed by atoms with Gasteiger partial charge >= 0.3 is 0 Å². The van der Waals surface area contributed by atoms with E-state index in [0.29, 0.717) is 11.8 Å². The van der Waals surface area contributed by atoms with E-state index in [2.05, 4.69) is 105 Å². The molecule has 0 unspecified atom stereocenters. The maximum atomic E-state index is 6.01. The van der Waals surface area contributed by atoms with Gasteiger partial charge in [-0.25, -0.2) is 9.97 Å². The van der Waals surface area contributed by atoms with Crippen molar-refractivity contribution in [2.24, 2.45) is 0 Å². The molecule has 0 radical (unpaired) electrons. The van der Waals surface area contributed by atoms with Crippen LogP contribution < -0.4 is 0 Å². The summed E-state index contributed by atoms with van der Waals surface area (Å²) < 4.78 is 6.01. The largest absolute Gasteiger partial charge is 0.416 e. The molecule has 192 valence electrons. The van der Waals surface area contributed by atoms with Crippen molar-refractivity contribution in [1.82, 2.24) is 20.2 Å². The van der Waals surface area contributed by atoms with Crippen LogP contribution in [0.3, 0.4) is 0 Å². The van der Waals surface area contributed by atoms with Gasteiger partial charge in [-0.3, -0.25) is 0 Å². The van der Waals surface area contributed by atoms with Gasteiger partial charge in [0.25, 0.3) is 0 Å². The third-order valence-corrected chi connectivity index (χ3v) is 7.62. The quantitative estimate of drug-likeness (QED) is 0.214. The predicted molar refractivity (Wildman–Crippen MR) is 164 cm³/mol. The molecule has 0 fully saturated rings. The van der Waals surface area contributed by atoms with Gasteiger partial charge in [-0.1, -0.05) is 91.0 Å². The van der Waals surface area contributed by atoms with E-state index in [9.17, 15) is 0 Å². The number of benzene rings is 6. The highest BCUT2D eigenvalue weighted by Crippen LogP contribution is 2.45. The second kappa shape index (κ2) is 9.50. The molecular formula is C36H22N4O. The Morgan fingerprint density at radius 3 is 1.66 bits per heavy atom. The maximum Gasteiger partial charge on any atom is 0.248 e. The lowest BCUT2D eigenvalue weighted by atomic mass is 9.85. The smallest absolute Gasteiger partial charge is 0.248 e. The van der Waals surface area contributed by atoms with E-state index in [1.54, 1.807) is 6.33 Å². The summed E-state index contributed by atoms with van der Waals surface area (Å²) in [6.07, 6.45) is 3.51. The summed E-state index contributed by atoms with van der Waals surface area (Å²) in [5, 5.41) is 14.4. The normalized spacial score (nSPS) is 11.4. The van der Waals surface area contributed by atoms with Crippen LogP contribution in [0.5, 0.6) is 0 Å². The van der Waals surface area contributed by atoms with Crippen LogP contribution in [0.15, 0.2) is 138 Å². The Morgan fingerprint density at radius 1 is 0.439 bits per heavy atom. The molecule has 8 rings (SSSR count). The Bertz CT molecular complexity index is 2140. The van der Waals surface area contributed by atoms with E-state index in [-0.39, 0.29) is 0 Å². The summed E-state index contributed by atoms with van der Waals surface area (Å²) in [7, 11) is 0. The Kier molecular flexibility index (Phi) is 5.38. The lowest BCUT2D eigenvalue weighted by Gasteiger charge is -2.18. The molecule has 0 spiro atoms. The fraction of sp³-hybridized carbons (Fsp3) is 0. The molecule has 0 saturated heterocycles. The number of hydrogen-bond acceptors (Lipinski definition) is 5. The summed E-state index contributed by atoms with van der Waals surface area (Å²) in [6.45, 7) is 0. The van der Waals surface area contributed by atoms with Crippen LogP contribution in [0.2, 0.25) is 0 Å². The van der Waals surface area contributed by atoms with Gasteiger partial charge in [0.15, 0.2) is 0 Å². The van der Waals surface area contributed by atoms with Crippen molar-refractivity contribution in [3.05, 3.63) is 134 Å². The Labute approximate surface area is 235 Å². The SMILES string of the molecule is c1ccc(-c2nnc(-c3ccc(-c4c5ccccc5c(-c5cccc6ncncc56)c5ccccc45)cc3)o2)cc1. The first-order chi connectivity index (χ1) is 20.3. The van der Waals surface area contributed by atoms with Crippen LogP contribution >= 0.6 is 0 Å². The molecule has 0 aliphatic carbocycles. The minimum Gasteiger partial charge on any atom is -0.416 e. The lowest BCUT2D eigenvalue weighted by molar-refractivity contribution is 0.584. The molecule has 5 nitrogen and oxygen atoms in total. The molecular weight excluding hydrogens is 504 g/mol. The number of nitrogens with zero attached hydrogens (tertiary/aromatic N) is 4. The standard InChI is InChI=1S/C36H22N4O/c1-2-9-24(10-3-1)35-39-40-36(41-35)25-19-17-23(18-20-25)33-26-11-4-6-13-28(26)34(29-14-7-5-12-27(29)33)30-15-8-16-32-31(30)21-37-22-38-32/h1-22H. The van der Waals surface area contributed by atoms with Crippen molar-refractivity contribution < 1.29 is 4.42 Å². The first-order valence-corrected chi connectivity index (χ1v) is 13.5. The third-order valence-electron chi connectivity index (χ3n) is 7.62. The third kappa shape index (κ3) is 3.86. The van der Waals surface area contributed by atoms with Crippen molar-refractivity contribution >= 4 is 32.4 Å². The molecule has 41 heavy (non-hydrogen) atoms. The van der Waals surface area contributed by atoms with Crippen LogP contribution in [-0.2, 0) is 0 Å². The van der Waals surface area contributed by atoms with Crippen LogP contribution in [0.1, 0.15) is 0 Å². The van der Waals surface area contributed by atoms with Gasteiger partial charge in [0.05, 0.1) is 5.52 Å². The topological polar surface area (TPSA) is 64.7 Å². The number of aromatic nitrogens is 4. The summed E-state index contributed by atoms with van der Waals surface area (Å²) >= 11 is 0. The fourth-order valence-electron chi connectivity index (χ4n) is 5.77. The van der Waals surface area contributed by atoms with E-state index >= 15 is 0 Å². The van der Waals surface area contributed by atoms with Crippen molar-refractivity contribution in [1.29, 1.82) is 0 Å². The van der Waals surface area contributed by atoms with Crippen LogP contribution in [0.4, 0.5) is 0 Å². The van der Waals surface area contributed by atoms with Crippen molar-refractivity contribution in [2.45, 2.75) is 0 Å². The molecule has 6 aromatic carbocycles. The molecule has 2 aromatic heterocycles. The zero-order chi connectivity index (χ0) is 27.2. The van der Waals surface area contributed by atoms with E-state index in [4.69, 9.17) is 4.42 Å². The number of rotatable bonds is 4. The molecule has 0 bridgehead atoms. The monoisotopic (exact) mass is 526 g/mol. The molecule has 8 aromatic rings. The highest BCUT2D eigenvalue weighted by Gasteiger charge is 2.18. The molecule has 0 aliphatic rings. The molecule has 0 atom stereocenters. The van der Waals surface area contributed by atoms with Gasteiger partial charge < -0.3 is 4.42 Å². The van der Waals surface area contributed by atoms with E-state index in [1.165, 1.54) is 32.7 Å². The average Bonchev–Trinajstić information content (AvgIpc) is 3.55. The molecule has 2 heterocycles. The van der Waals surface area contributed by atoms with Gasteiger partial charge in [-0.15, -0.1) is 10.2 Å². The Hall–Kier alpha value is -5.68. The average molecular weight is 527 g/mol. The zero-order valence-corrected chi connectivity index (χ0v) is 21.9. The second-order valence-electron chi connectivity index (χ2n) is 9.96. The van der Waals surface area contributed by atoms with E-state index in [1.807, 2.05) is 42.6 Å². The molecule has 0 amide bonds. The first-order valence-electron chi connectivity index (χ1n) is 13.5. The molecule has 0 saturated carbocycles. The van der Waals surface area contributed by atoms with E-state index < -0.39 is 0 Å². The summed E-state index contributed by atoms with van der Waals surface area (Å²) in [5.41, 5.74) is 7.35. The molecule has 5 heteroatoms. The Balaban J connectivity index is 1.31. The van der Waals surface area contributed by atoms with Gasteiger partial charge in [0.2, 0.25) is 11.8 Å². The Morgan fingerprint density at radius 2 is 1.00 bits per heavy atom. The van der Waals surface area contributed by atoms with Gasteiger partial charge in [0, 0.05) is 22.7 Å². The van der Waals surface area contributed by atoms with Gasteiger partial charge in [0.1, 0.15) is 6.33 Å². The van der Waals surface area contributed by atoms with Crippen LogP contribution in [0, 0.1) is 0 Å². The molecule has 0 N–H and O–H groups in total. The van der Waals surface area contributed by atoms with Gasteiger partial charge in [-0.2, -0.15) is 0 Å². The van der Waals surface area contributed by atoms with Gasteiger partial charge in [-0.05, 0) is 74.1 Å². The summed E-state index contributed by atoms with van der Waals surface area (Å²) in [5.74, 6) is 1.01. The highest BCUT2D eigenvalue weighted by molar-refractivity contribution is 6.23. The summed E-state index contributed by atoms with van der Waals surface area (Å²) in [4.78, 5) is 8.86. The van der Waals surface area contributed by atoms with Crippen LogP contribution in [-0.4, -0.2) is 20.2 Å². The van der Waals surface area contributed by atoms with Crippen LogP contribution in [0.25, 0.3) is 77.6 Å². The molecule has 0 aliphatic heterocycles. The minimum absolute atomic E-state index is 0.499. The number of fused-ring (bicyclic) bond motifs is 3. The van der Waals surface area contributed by atoms with Crippen molar-refractivity contribution in [3.8, 4) is 45.2 Å². The summed E-state index contributed by atoms with van der Waals surface area (Å²) in [6, 6.07) is 41.7. The van der Waals surface area contributed by atoms with Crippen molar-refractivity contribution in [2.75, 3.05) is 0 Å². The second-order valence-corrected chi connectivity index (χ2v) is 9.96. The zero-order valence-electron chi connectivity index (χ0n) is 21.9. The predicted octanol–water partition coefficient (Wildman–Crippen LogP) is 8.99. The maximum absolute atomic E-state index is 6.01. The minimum atomic E-state index is 0.499. The first kappa shape index (κ1) is 23.2. The lowest BCUT2D eigenvalue weighted by Crippen LogP contribution is -1.92. The fourth-order valence-corrected chi connectivity index (χ4v) is 5.77. The number of hydrogen-bond donors (Lipinski definition) is 0. The van der Waals surface area contributed by atoms with Crippen molar-refractivity contribution in [3.63, 3.8) is 0 Å².